The van der Waals surface area contributed by atoms with Gasteiger partial charge in [-0.2, -0.15) is 0 Å². The molecule has 0 aliphatic carbocycles. The minimum absolute atomic E-state index is 0.125. The zero-order chi connectivity index (χ0) is 15.1. The molecule has 5 nitrogen and oxygen atoms in total. The lowest BCUT2D eigenvalue weighted by Gasteiger charge is -2.32. The molecule has 112 valence electrons. The van der Waals surface area contributed by atoms with Gasteiger partial charge in [0.05, 0.1) is 33.4 Å². The van der Waals surface area contributed by atoms with E-state index in [0.29, 0.717) is 19.6 Å². The summed E-state index contributed by atoms with van der Waals surface area (Å²) in [5.41, 5.74) is -1.12. The summed E-state index contributed by atoms with van der Waals surface area (Å²) in [6.07, 6.45) is 3.65. The second-order valence-electron chi connectivity index (χ2n) is 4.65. The second kappa shape index (κ2) is 9.01. The van der Waals surface area contributed by atoms with E-state index in [1.165, 1.54) is 0 Å². The zero-order valence-corrected chi connectivity index (χ0v) is 12.5. The Morgan fingerprint density at radius 1 is 1.58 bits per heavy atom. The van der Waals surface area contributed by atoms with E-state index in [2.05, 4.69) is 9.47 Å². The summed E-state index contributed by atoms with van der Waals surface area (Å²) in [5.74, 6) is -0.451. The van der Waals surface area contributed by atoms with Crippen molar-refractivity contribution < 1.29 is 25.6 Å². The van der Waals surface area contributed by atoms with E-state index in [4.69, 9.17) is 15.4 Å². The van der Waals surface area contributed by atoms with E-state index in [9.17, 15) is 10.2 Å². The smallest absolute Gasteiger partial charge is 0.161 e. The fraction of sp³-hybridized carbons (Fsp3) is 0.846. The quantitative estimate of drug-likeness (QED) is 0.495. The van der Waals surface area contributed by atoms with Gasteiger partial charge in [0.15, 0.2) is 6.27 Å². The molecule has 0 bridgehead atoms. The van der Waals surface area contributed by atoms with Crippen LogP contribution in [0.1, 0.15) is 27.6 Å². The van der Waals surface area contributed by atoms with E-state index < -0.39 is 17.8 Å². The van der Waals surface area contributed by atoms with Crippen molar-refractivity contribution in [3.8, 4) is 0 Å². The third-order valence-corrected chi connectivity index (χ3v) is 3.33. The maximum Gasteiger partial charge on any atom is 0.161 e. The van der Waals surface area contributed by atoms with Gasteiger partial charge < -0.3 is 24.2 Å². The highest BCUT2D eigenvalue weighted by Crippen LogP contribution is 2.26. The van der Waals surface area contributed by atoms with E-state index in [1.54, 1.807) is 12.2 Å². The van der Waals surface area contributed by atoms with Crippen LogP contribution in [0, 0.1) is 5.92 Å². The first kappa shape index (κ1) is 15.4. The minimum atomic E-state index is -1.34. The van der Waals surface area contributed by atoms with Gasteiger partial charge in [-0.15, -0.1) is 0 Å². The van der Waals surface area contributed by atoms with E-state index in [-0.39, 0.29) is 19.6 Å². The first-order chi connectivity index (χ1) is 9.49. The third kappa shape index (κ3) is 5.46. The Morgan fingerprint density at radius 3 is 2.79 bits per heavy atom. The molecular formula is C13H25O5P. The average Bonchev–Trinajstić information content (AvgIpc) is 2.82. The lowest BCUT2D eigenvalue weighted by Crippen LogP contribution is -2.42. The van der Waals surface area contributed by atoms with Crippen molar-refractivity contribution in [1.82, 2.24) is 0 Å². The van der Waals surface area contributed by atoms with Gasteiger partial charge in [0.2, 0.25) is 0 Å². The molecule has 1 aliphatic heterocycles. The maximum atomic E-state index is 10.6. The predicted octanol–water partition coefficient (Wildman–Crippen LogP) is 1.25. The number of rotatable bonds is 9. The number of aliphatic hydroxyl groups is 2. The highest BCUT2D eigenvalue weighted by molar-refractivity contribution is 7.09. The number of aliphatic hydroxyl groups excluding tert-OH is 1. The van der Waals surface area contributed by atoms with Crippen LogP contribution in [0.15, 0.2) is 12.2 Å². The van der Waals surface area contributed by atoms with Gasteiger partial charge in [0, 0.05) is 21.8 Å². The van der Waals surface area contributed by atoms with Crippen molar-refractivity contribution in [2.45, 2.75) is 38.1 Å². The van der Waals surface area contributed by atoms with Gasteiger partial charge in [0.25, 0.3) is 0 Å². The summed E-state index contributed by atoms with van der Waals surface area (Å²) in [4.78, 5) is 0. The van der Waals surface area contributed by atoms with Crippen LogP contribution in [-0.4, -0.2) is 48.5 Å². The molecule has 0 saturated carbocycles. The molecule has 1 aliphatic rings. The molecule has 19 heavy (non-hydrogen) atoms. The van der Waals surface area contributed by atoms with Gasteiger partial charge in [-0.3, -0.25) is 0 Å². The fourth-order valence-corrected chi connectivity index (χ4v) is 2.44. The number of hydrogen-bond donors (Lipinski definition) is 2. The van der Waals surface area contributed by atoms with Crippen LogP contribution in [0.3, 0.4) is 0 Å². The van der Waals surface area contributed by atoms with Crippen LogP contribution in [0.5, 0.6) is 0 Å². The molecular weight excluding hydrogens is 267 g/mol. The minimum Gasteiger partial charge on any atom is -0.396 e. The Hall–Kier alpha value is -0.0300. The number of ether oxygens (including phenoxy) is 2. The fourth-order valence-electron chi connectivity index (χ4n) is 2.15. The van der Waals surface area contributed by atoms with Crippen LogP contribution >= 0.6 is 9.47 Å². The normalized spacial score (nSPS) is 24.3. The summed E-state index contributed by atoms with van der Waals surface area (Å²) < 4.78 is 23.2. The van der Waals surface area contributed by atoms with Gasteiger partial charge in [-0.25, -0.2) is 0 Å². The lowest BCUT2D eigenvalue weighted by molar-refractivity contribution is -0.0572. The van der Waals surface area contributed by atoms with Crippen molar-refractivity contribution in [3.05, 3.63) is 12.2 Å². The molecule has 6 heteroatoms. The molecule has 0 spiro atoms. The van der Waals surface area contributed by atoms with Gasteiger partial charge in [-0.05, 0) is 6.42 Å². The summed E-state index contributed by atoms with van der Waals surface area (Å²) in [6, 6.07) is 0. The molecule has 1 saturated heterocycles. The highest BCUT2D eigenvalue weighted by Gasteiger charge is 2.34. The molecule has 1 fully saturated rings. The van der Waals surface area contributed by atoms with Crippen LogP contribution < -0.4 is 0 Å². The summed E-state index contributed by atoms with van der Waals surface area (Å²) in [5, 5.41) is 20.1. The van der Waals surface area contributed by atoms with Crippen LogP contribution in [0.25, 0.3) is 0 Å². The maximum absolute atomic E-state index is 10.6. The standard InChI is InChI=1S/C13H25O5P/c1-2-6-13(15,10-18-19)11(9-14)4-3-5-12-16-7-8-17-12/h3-4,11-12,14-15H,2,5-10,19H2,1H3/b4-3+/t11-,13+/m1/s1/i12D. The molecule has 0 amide bonds. The first-order valence-electron chi connectivity index (χ1n) is 7.09. The van der Waals surface area contributed by atoms with Crippen molar-refractivity contribution in [2.24, 2.45) is 5.92 Å². The van der Waals surface area contributed by atoms with E-state index in [1.807, 2.05) is 6.92 Å². The van der Waals surface area contributed by atoms with Gasteiger partial charge in [-0.1, -0.05) is 25.5 Å². The topological polar surface area (TPSA) is 68.2 Å². The summed E-state index contributed by atoms with van der Waals surface area (Å²) in [7, 11) is 2.11. The average molecular weight is 293 g/mol. The Kier molecular flexibility index (Phi) is 7.28. The molecule has 1 heterocycles. The lowest BCUT2D eigenvalue weighted by atomic mass is 9.84. The van der Waals surface area contributed by atoms with Crippen LogP contribution in [0.2, 0.25) is 0 Å². The molecule has 0 aromatic heterocycles. The Balaban J connectivity index is 2.63. The molecule has 0 aromatic carbocycles. The van der Waals surface area contributed by atoms with E-state index >= 15 is 0 Å². The largest absolute Gasteiger partial charge is 0.396 e. The first-order valence-corrected chi connectivity index (χ1v) is 7.06. The van der Waals surface area contributed by atoms with Crippen molar-refractivity contribution in [2.75, 3.05) is 26.4 Å². The number of hydrogen-bond acceptors (Lipinski definition) is 5. The SMILES string of the molecule is [2H]C1(C/C=C/[C@H](CO)[C@](O)(CCC)COP)OCCO1. The van der Waals surface area contributed by atoms with Crippen molar-refractivity contribution >= 4 is 9.47 Å². The van der Waals surface area contributed by atoms with E-state index in [0.717, 1.165) is 6.42 Å². The molecule has 2 N–H and O–H groups in total. The zero-order valence-electron chi connectivity index (χ0n) is 12.4. The van der Waals surface area contributed by atoms with Crippen LogP contribution in [-0.2, 0) is 14.0 Å². The molecule has 1 unspecified atom stereocenters. The van der Waals surface area contributed by atoms with Gasteiger partial charge >= 0.3 is 0 Å². The molecule has 3 atom stereocenters. The summed E-state index contributed by atoms with van der Waals surface area (Å²) >= 11 is 0. The second-order valence-corrected chi connectivity index (χ2v) is 4.99. The molecule has 1 rings (SSSR count). The molecule has 0 radical (unpaired) electrons. The Bertz CT molecular complexity index is 301. The predicted molar refractivity (Wildman–Crippen MR) is 75.5 cm³/mol. The monoisotopic (exact) mass is 293 g/mol. The van der Waals surface area contributed by atoms with Crippen LogP contribution in [0.4, 0.5) is 0 Å². The Morgan fingerprint density at radius 2 is 2.26 bits per heavy atom. The van der Waals surface area contributed by atoms with Gasteiger partial charge in [0.1, 0.15) is 0 Å². The highest BCUT2D eigenvalue weighted by atomic mass is 31.0. The molecule has 0 aromatic rings. The van der Waals surface area contributed by atoms with Crippen molar-refractivity contribution in [3.63, 3.8) is 0 Å². The third-order valence-electron chi connectivity index (χ3n) is 3.17. The van der Waals surface area contributed by atoms with Crippen molar-refractivity contribution in [1.29, 1.82) is 0 Å². The summed E-state index contributed by atoms with van der Waals surface area (Å²) in [6.45, 7) is 2.74. The Labute approximate surface area is 118 Å².